The van der Waals surface area contributed by atoms with Crippen LogP contribution in [-0.2, 0) is 16.0 Å². The molecule has 5 fully saturated rings. The number of amides is 2. The number of nitrogens with one attached hydrogen (secondary N) is 2. The largest absolute Gasteiger partial charge is 0.508 e. The summed E-state index contributed by atoms with van der Waals surface area (Å²) >= 11 is 1.62. The highest BCUT2D eigenvalue weighted by atomic mass is 32.1. The van der Waals surface area contributed by atoms with E-state index in [1.165, 1.54) is 0 Å². The van der Waals surface area contributed by atoms with Crippen LogP contribution in [0.25, 0.3) is 43.4 Å². The number of aromatic hydroxyl groups is 1. The molecule has 432 valence electrons. The molecule has 5 aliphatic rings. The molecule has 5 aliphatic heterocycles. The van der Waals surface area contributed by atoms with Crippen molar-refractivity contribution < 1.29 is 28.3 Å². The van der Waals surface area contributed by atoms with Crippen LogP contribution in [0.5, 0.6) is 11.8 Å². The molecular formula is C63H77FN12O5S. The fourth-order valence-electron chi connectivity index (χ4n) is 13.6. The second-order valence-corrected chi connectivity index (χ2v) is 25.2. The summed E-state index contributed by atoms with van der Waals surface area (Å²) < 4.78 is 29.6. The molecule has 0 saturated carbocycles. The van der Waals surface area contributed by atoms with Gasteiger partial charge in [-0.05, 0) is 123 Å². The number of carbonyl (C=O) groups excluding carboxylic acids is 2. The summed E-state index contributed by atoms with van der Waals surface area (Å²) in [5.41, 5.74) is 7.01. The van der Waals surface area contributed by atoms with Crippen molar-refractivity contribution in [1.82, 2.24) is 50.4 Å². The van der Waals surface area contributed by atoms with Crippen molar-refractivity contribution in [2.75, 3.05) is 88.4 Å². The molecule has 82 heavy (non-hydrogen) atoms. The second kappa shape index (κ2) is 23.5. The molecule has 7 aromatic rings. The van der Waals surface area contributed by atoms with E-state index in [1.807, 2.05) is 57.5 Å². The molecule has 3 aromatic carbocycles. The van der Waals surface area contributed by atoms with Crippen LogP contribution in [0.4, 0.5) is 16.0 Å². The summed E-state index contributed by atoms with van der Waals surface area (Å²) in [6.45, 7) is 21.9. The van der Waals surface area contributed by atoms with Crippen molar-refractivity contribution in [3.63, 3.8) is 0 Å². The number of nitrogens with zero attached hydrogens (tertiary/aromatic N) is 10. The van der Waals surface area contributed by atoms with Crippen LogP contribution in [0.15, 0.2) is 76.9 Å². The molecule has 0 aliphatic carbocycles. The molecule has 5 unspecified atom stereocenters. The quantitative estimate of drug-likeness (QED) is 0.0784. The van der Waals surface area contributed by atoms with Gasteiger partial charge in [-0.15, -0.1) is 11.3 Å². The van der Waals surface area contributed by atoms with Gasteiger partial charge in [-0.3, -0.25) is 24.4 Å². The summed E-state index contributed by atoms with van der Waals surface area (Å²) in [7, 11) is 0. The summed E-state index contributed by atoms with van der Waals surface area (Å²) in [5, 5.41) is 24.5. The van der Waals surface area contributed by atoms with E-state index in [4.69, 9.17) is 24.2 Å². The van der Waals surface area contributed by atoms with E-state index in [0.717, 1.165) is 141 Å². The lowest BCUT2D eigenvalue weighted by Crippen LogP contribution is -2.51. The highest BCUT2D eigenvalue weighted by molar-refractivity contribution is 7.13. The minimum Gasteiger partial charge on any atom is -0.508 e. The first kappa shape index (κ1) is 55.7. The fourth-order valence-corrected chi connectivity index (χ4v) is 14.4. The Morgan fingerprint density at radius 2 is 1.70 bits per heavy atom. The van der Waals surface area contributed by atoms with E-state index in [9.17, 15) is 14.7 Å². The van der Waals surface area contributed by atoms with Crippen LogP contribution < -0.4 is 25.2 Å². The van der Waals surface area contributed by atoms with E-state index in [1.54, 1.807) is 34.6 Å². The Morgan fingerprint density at radius 1 is 0.927 bits per heavy atom. The van der Waals surface area contributed by atoms with Gasteiger partial charge in [0.1, 0.15) is 41.3 Å². The van der Waals surface area contributed by atoms with Crippen molar-refractivity contribution in [2.45, 2.75) is 117 Å². The maximum absolute atomic E-state index is 17.2. The van der Waals surface area contributed by atoms with Crippen LogP contribution in [0, 0.1) is 24.1 Å². The third-order valence-corrected chi connectivity index (χ3v) is 19.2. The average molecular weight is 1130 g/mol. The van der Waals surface area contributed by atoms with Crippen molar-refractivity contribution in [3.8, 4) is 33.5 Å². The Balaban J connectivity index is 0.639. The molecular weight excluding hydrogens is 1060 g/mol. The fraction of sp³-hybridized carbons (Fsp3) is 0.508. The number of fused-ring (bicyclic) bond motifs is 4. The number of piperazine rings is 2. The maximum Gasteiger partial charge on any atom is 0.319 e. The molecule has 17 nitrogen and oxygen atoms in total. The molecule has 4 aromatic heterocycles. The van der Waals surface area contributed by atoms with Crippen molar-refractivity contribution in [2.24, 2.45) is 11.3 Å². The Hall–Kier alpha value is -6.80. The van der Waals surface area contributed by atoms with Crippen LogP contribution in [-0.4, -0.2) is 153 Å². The number of likely N-dealkylation sites (tertiary alicyclic amines) is 2. The number of aromatic nitrogens is 5. The minimum absolute atomic E-state index is 0.0489. The zero-order valence-electron chi connectivity index (χ0n) is 48.2. The highest BCUT2D eigenvalue weighted by Crippen LogP contribution is 2.40. The lowest BCUT2D eigenvalue weighted by molar-refractivity contribution is -0.141. The molecule has 0 radical (unpaired) electrons. The molecule has 3 N–H and O–H groups in total. The van der Waals surface area contributed by atoms with Gasteiger partial charge in [0.15, 0.2) is 17.4 Å². The number of rotatable bonds is 17. The smallest absolute Gasteiger partial charge is 0.319 e. The minimum atomic E-state index is -0.560. The number of hydrogen-bond acceptors (Lipinski definition) is 16. The van der Waals surface area contributed by atoms with Gasteiger partial charge >= 0.3 is 6.01 Å². The van der Waals surface area contributed by atoms with Crippen LogP contribution in [0.2, 0.25) is 0 Å². The van der Waals surface area contributed by atoms with Gasteiger partial charge in [0.2, 0.25) is 11.8 Å². The highest BCUT2D eigenvalue weighted by Gasteiger charge is 2.42. The number of piperidine rings is 1. The van der Waals surface area contributed by atoms with Gasteiger partial charge in [-0.2, -0.15) is 9.97 Å². The maximum atomic E-state index is 17.2. The topological polar surface area (TPSA) is 181 Å². The first-order valence-corrected chi connectivity index (χ1v) is 30.6. The van der Waals surface area contributed by atoms with Gasteiger partial charge in [0, 0.05) is 88.8 Å². The lowest BCUT2D eigenvalue weighted by atomic mass is 9.79. The third-order valence-electron chi connectivity index (χ3n) is 18.2. The molecule has 0 spiro atoms. The number of hydrogen-bond donors (Lipinski definition) is 3. The first-order valence-electron chi connectivity index (χ1n) is 29.7. The summed E-state index contributed by atoms with van der Waals surface area (Å²) in [5.74, 6) is 0.566. The van der Waals surface area contributed by atoms with E-state index < -0.39 is 17.8 Å². The van der Waals surface area contributed by atoms with Crippen LogP contribution in [0.1, 0.15) is 108 Å². The normalized spacial score (nSPS) is 21.2. The van der Waals surface area contributed by atoms with E-state index >= 15 is 4.39 Å². The number of pyridine rings is 1. The first-order chi connectivity index (χ1) is 39.7. The number of benzene rings is 3. The zero-order valence-corrected chi connectivity index (χ0v) is 49.0. The summed E-state index contributed by atoms with van der Waals surface area (Å²) in [6, 6.07) is 19.5. The molecule has 19 heteroatoms. The molecule has 5 atom stereocenters. The second-order valence-electron chi connectivity index (χ2n) is 24.3. The molecule has 5 saturated heterocycles. The predicted octanol–water partition coefficient (Wildman–Crippen LogP) is 9.52. The number of carbonyl (C=O) groups is 2. The number of aryl methyl sites for hydroxylation is 2. The SMILES string of the molecule is CCc1cccc2cc(O)cc(-c3ncc4c(N5CC6CCC(C5)N6)nc(OCCN5CCC(C)(CN6CCN(c7cc(C(C(=O)N8CCCC8C(=O)NC(C)c8ccc(-c9scnc9C)cc8)C(C)C)on7)CC6)CC5)nc4c3F)c12. The van der Waals surface area contributed by atoms with Crippen molar-refractivity contribution in [3.05, 3.63) is 101 Å². The monoisotopic (exact) mass is 1130 g/mol. The Kier molecular flexibility index (Phi) is 15.9. The Labute approximate surface area is 483 Å². The van der Waals surface area contributed by atoms with Crippen LogP contribution >= 0.6 is 11.3 Å². The number of thiazole rings is 1. The van der Waals surface area contributed by atoms with Gasteiger partial charge in [0.05, 0.1) is 27.5 Å². The number of phenolic OH excluding ortho intramolecular Hbond substituents is 1. The zero-order chi connectivity index (χ0) is 56.8. The van der Waals surface area contributed by atoms with Gasteiger partial charge in [-0.1, -0.05) is 75.3 Å². The molecule has 2 amide bonds. The van der Waals surface area contributed by atoms with Crippen molar-refractivity contribution >= 4 is 56.5 Å². The van der Waals surface area contributed by atoms with E-state index in [2.05, 4.69) is 78.5 Å². The van der Waals surface area contributed by atoms with E-state index in [0.29, 0.717) is 60.7 Å². The Morgan fingerprint density at radius 3 is 2.41 bits per heavy atom. The summed E-state index contributed by atoms with van der Waals surface area (Å²) in [6.07, 6.45) is 8.10. The molecule has 2 bridgehead atoms. The molecule has 9 heterocycles. The third kappa shape index (κ3) is 11.4. The van der Waals surface area contributed by atoms with Crippen molar-refractivity contribution in [1.29, 1.82) is 0 Å². The molecule has 12 rings (SSSR count). The van der Waals surface area contributed by atoms with E-state index in [-0.39, 0.29) is 52.2 Å². The van der Waals surface area contributed by atoms with Gasteiger partial charge in [-0.25, -0.2) is 9.37 Å². The van der Waals surface area contributed by atoms with Gasteiger partial charge < -0.3 is 39.7 Å². The Bertz CT molecular complexity index is 3440. The van der Waals surface area contributed by atoms with Crippen LogP contribution in [0.3, 0.4) is 0 Å². The standard InChI is InChI=1S/C63H77FN12O5S/c1-7-41-10-8-11-44-30-47(77)31-48(54(41)44)56-55(64)57-49(33-65-56)59(75-34-45-17-18-46(35-75)68-45)70-62(69-57)80-29-28-72-22-19-63(6,20-23-72)36-73-24-26-74(27-25-73)52-32-51(81-71-52)53(38(2)3)61(79)76-21-9-12-50(76)60(78)67-39(4)42-13-15-43(16-14-42)58-40(5)66-37-82-58/h8,10-11,13-16,30-33,37-39,45-46,50,53,68,77H,7,9,12,17-29,34-36H2,1-6H3,(H,67,78). The average Bonchev–Trinajstić information content (AvgIpc) is 3.84. The number of phenols is 1. The van der Waals surface area contributed by atoms with Gasteiger partial charge in [0.25, 0.3) is 0 Å². The predicted molar refractivity (Wildman–Crippen MR) is 319 cm³/mol. The lowest BCUT2D eigenvalue weighted by Gasteiger charge is -2.44. The summed E-state index contributed by atoms with van der Waals surface area (Å²) in [4.78, 5) is 59.5. The number of anilines is 2. The number of halogens is 1. The number of ether oxygens (including phenoxy) is 1.